The van der Waals surface area contributed by atoms with Crippen molar-refractivity contribution in [1.29, 1.82) is 0 Å². The van der Waals surface area contributed by atoms with Crippen LogP contribution in [0.15, 0.2) is 18.2 Å². The third-order valence-corrected chi connectivity index (χ3v) is 5.41. The molecule has 0 bridgehead atoms. The molecule has 0 aromatic heterocycles. The molecule has 3 rings (SSSR count). The van der Waals surface area contributed by atoms with Crippen LogP contribution in [0.25, 0.3) is 0 Å². The zero-order valence-electron chi connectivity index (χ0n) is 15.2. The first-order valence-corrected chi connectivity index (χ1v) is 9.19. The fourth-order valence-electron chi connectivity index (χ4n) is 3.59. The van der Waals surface area contributed by atoms with Crippen molar-refractivity contribution in [3.8, 4) is 5.75 Å². The summed E-state index contributed by atoms with van der Waals surface area (Å²) >= 11 is 0. The maximum Gasteiger partial charge on any atom is 0.278 e. The molecule has 1 heterocycles. The molecule has 2 aliphatic rings. The van der Waals surface area contributed by atoms with Crippen LogP contribution in [0.2, 0.25) is 0 Å². The van der Waals surface area contributed by atoms with Crippen LogP contribution in [0.5, 0.6) is 5.75 Å². The lowest BCUT2D eigenvalue weighted by Gasteiger charge is -2.32. The van der Waals surface area contributed by atoms with Crippen LogP contribution in [0.3, 0.4) is 0 Å². The number of nitrogens with one attached hydrogen (secondary N) is 3. The summed E-state index contributed by atoms with van der Waals surface area (Å²) in [7, 11) is 1.74. The number of aryl methyl sites for hydroxylation is 1. The van der Waals surface area contributed by atoms with E-state index in [1.165, 1.54) is 16.0 Å². The van der Waals surface area contributed by atoms with Crippen molar-refractivity contribution in [3.63, 3.8) is 0 Å². The van der Waals surface area contributed by atoms with E-state index in [0.717, 1.165) is 51.3 Å². The van der Waals surface area contributed by atoms with Gasteiger partial charge in [-0.3, -0.25) is 4.79 Å². The van der Waals surface area contributed by atoms with Gasteiger partial charge in [-0.2, -0.15) is 0 Å². The summed E-state index contributed by atoms with van der Waals surface area (Å²) < 4.78 is 5.50. The van der Waals surface area contributed by atoms with E-state index in [9.17, 15) is 4.79 Å². The van der Waals surface area contributed by atoms with Crippen LogP contribution in [-0.2, 0) is 11.3 Å². The van der Waals surface area contributed by atoms with Gasteiger partial charge in [-0.15, -0.1) is 0 Å². The number of hydrogen-bond acceptors (Lipinski definition) is 2. The lowest BCUT2D eigenvalue weighted by Crippen LogP contribution is -3.29. The molecule has 0 unspecified atom stereocenters. The van der Waals surface area contributed by atoms with Gasteiger partial charge in [-0.1, -0.05) is 11.6 Å². The maximum absolute atomic E-state index is 12.2. The Labute approximate surface area is 145 Å². The first-order chi connectivity index (χ1) is 11.6. The summed E-state index contributed by atoms with van der Waals surface area (Å²) in [5.74, 6) is 1.22. The molecule has 1 saturated heterocycles. The monoisotopic (exact) mass is 333 g/mol. The molecule has 1 aromatic rings. The van der Waals surface area contributed by atoms with E-state index < -0.39 is 0 Å². The van der Waals surface area contributed by atoms with E-state index in [-0.39, 0.29) is 11.9 Å². The molecule has 1 atom stereocenters. The van der Waals surface area contributed by atoms with Crippen molar-refractivity contribution in [3.05, 3.63) is 29.3 Å². The molecule has 1 aliphatic heterocycles. The van der Waals surface area contributed by atoms with Gasteiger partial charge in [0.25, 0.3) is 5.91 Å². The largest absolute Gasteiger partial charge is 0.496 e. The topological polar surface area (TPSA) is 47.2 Å². The fourth-order valence-corrected chi connectivity index (χ4v) is 3.59. The molecule has 1 aromatic carbocycles. The number of quaternary nitrogens is 2. The number of carbonyl (C=O) groups excluding carboxylic acids is 1. The van der Waals surface area contributed by atoms with Crippen LogP contribution in [0, 0.1) is 6.92 Å². The Hall–Kier alpha value is -1.59. The van der Waals surface area contributed by atoms with Gasteiger partial charge in [0.1, 0.15) is 38.5 Å². The molecular weight excluding hydrogens is 302 g/mol. The Morgan fingerprint density at radius 1 is 1.29 bits per heavy atom. The van der Waals surface area contributed by atoms with Crippen molar-refractivity contribution in [1.82, 2.24) is 5.32 Å². The van der Waals surface area contributed by atoms with Crippen LogP contribution in [0.4, 0.5) is 0 Å². The van der Waals surface area contributed by atoms with Crippen molar-refractivity contribution >= 4 is 5.91 Å². The van der Waals surface area contributed by atoms with Gasteiger partial charge >= 0.3 is 0 Å². The molecule has 3 N–H and O–H groups in total. The first kappa shape index (κ1) is 17.2. The van der Waals surface area contributed by atoms with Gasteiger partial charge in [-0.25, -0.2) is 0 Å². The Bertz CT molecular complexity index is 578. The average Bonchev–Trinajstić information content (AvgIpc) is 3.39. The number of benzene rings is 1. The van der Waals surface area contributed by atoms with E-state index in [1.54, 1.807) is 12.0 Å². The van der Waals surface area contributed by atoms with Gasteiger partial charge in [-0.05, 0) is 38.8 Å². The number of hydrogen-bond donors (Lipinski definition) is 3. The molecule has 0 radical (unpaired) electrons. The van der Waals surface area contributed by atoms with Crippen molar-refractivity contribution in [2.75, 3.05) is 33.3 Å². The van der Waals surface area contributed by atoms with E-state index in [2.05, 4.69) is 37.4 Å². The zero-order valence-corrected chi connectivity index (χ0v) is 15.2. The predicted molar refractivity (Wildman–Crippen MR) is 93.5 cm³/mol. The number of ether oxygens (including phenoxy) is 1. The third kappa shape index (κ3) is 4.28. The van der Waals surface area contributed by atoms with Crippen molar-refractivity contribution in [2.24, 2.45) is 0 Å². The smallest absolute Gasteiger partial charge is 0.278 e. The van der Waals surface area contributed by atoms with E-state index in [0.29, 0.717) is 6.04 Å². The summed E-state index contributed by atoms with van der Waals surface area (Å²) in [6.45, 7) is 9.52. The normalized spacial score (nSPS) is 25.1. The number of piperazine rings is 1. The molecule has 132 valence electrons. The number of rotatable bonds is 6. The molecule has 1 amide bonds. The summed E-state index contributed by atoms with van der Waals surface area (Å²) in [6.07, 6.45) is 2.31. The number of methoxy groups -OCH3 is 1. The highest BCUT2D eigenvalue weighted by atomic mass is 16.5. The zero-order chi connectivity index (χ0) is 17.1. The Morgan fingerprint density at radius 3 is 2.62 bits per heavy atom. The van der Waals surface area contributed by atoms with E-state index in [1.807, 2.05) is 0 Å². The van der Waals surface area contributed by atoms with Gasteiger partial charge in [0.2, 0.25) is 0 Å². The first-order valence-electron chi connectivity index (χ1n) is 9.19. The quantitative estimate of drug-likeness (QED) is 0.622. The summed E-state index contributed by atoms with van der Waals surface area (Å²) in [5.41, 5.74) is 2.57. The van der Waals surface area contributed by atoms with Crippen LogP contribution >= 0.6 is 0 Å². The molecule has 2 fully saturated rings. The Kier molecular flexibility index (Phi) is 5.41. The molecule has 1 aliphatic carbocycles. The van der Waals surface area contributed by atoms with E-state index in [4.69, 9.17) is 4.74 Å². The van der Waals surface area contributed by atoms with Crippen molar-refractivity contribution < 1.29 is 19.3 Å². The maximum atomic E-state index is 12.2. The summed E-state index contributed by atoms with van der Waals surface area (Å²) in [5, 5.41) is 3.14. The molecule has 24 heavy (non-hydrogen) atoms. The molecule has 0 spiro atoms. The molecule has 5 heteroatoms. The van der Waals surface area contributed by atoms with Crippen LogP contribution in [0.1, 0.15) is 30.9 Å². The van der Waals surface area contributed by atoms with Crippen LogP contribution in [-0.4, -0.2) is 51.3 Å². The number of carbonyl (C=O) groups is 1. The fraction of sp³-hybridized carbons (Fsp3) is 0.632. The lowest BCUT2D eigenvalue weighted by atomic mass is 10.1. The second-order valence-electron chi connectivity index (χ2n) is 7.40. The minimum absolute atomic E-state index is 0.0701. The highest BCUT2D eigenvalue weighted by Crippen LogP contribution is 2.19. The molecule has 5 nitrogen and oxygen atoms in total. The summed E-state index contributed by atoms with van der Waals surface area (Å²) in [6, 6.07) is 6.92. The van der Waals surface area contributed by atoms with E-state index >= 15 is 0 Å². The van der Waals surface area contributed by atoms with Gasteiger partial charge in [0.05, 0.1) is 7.11 Å². The average molecular weight is 333 g/mol. The summed E-state index contributed by atoms with van der Waals surface area (Å²) in [4.78, 5) is 15.2. The number of amides is 1. The predicted octanol–water partition coefficient (Wildman–Crippen LogP) is -1.05. The second-order valence-corrected chi connectivity index (χ2v) is 7.40. The minimum Gasteiger partial charge on any atom is -0.496 e. The van der Waals surface area contributed by atoms with Gasteiger partial charge < -0.3 is 19.9 Å². The van der Waals surface area contributed by atoms with Crippen LogP contribution < -0.4 is 19.9 Å². The highest BCUT2D eigenvalue weighted by Gasteiger charge is 2.33. The standard InChI is InChI=1S/C19H29N3O2/c1-14-4-7-18(24-3)16(12-14)13-21-8-10-22(11-9-21)15(2)19(23)20-17-5-6-17/h4,7,12,15,17H,5-6,8-11,13H2,1-3H3,(H,20,23)/p+2/t15-/m0/s1. The van der Waals surface area contributed by atoms with Crippen molar-refractivity contribution in [2.45, 2.75) is 45.3 Å². The highest BCUT2D eigenvalue weighted by molar-refractivity contribution is 5.80. The molecular formula is C19H31N3O2+2. The van der Waals surface area contributed by atoms with Gasteiger partial charge in [0.15, 0.2) is 6.04 Å². The Morgan fingerprint density at radius 2 is 2.00 bits per heavy atom. The second kappa shape index (κ2) is 7.53. The Balaban J connectivity index is 1.51. The molecule has 1 saturated carbocycles. The van der Waals surface area contributed by atoms with Gasteiger partial charge in [0, 0.05) is 11.6 Å². The lowest BCUT2D eigenvalue weighted by molar-refractivity contribution is -1.02. The SMILES string of the molecule is COc1ccc(C)cc1C[NH+]1CC[NH+]([C@@H](C)C(=O)NC2CC2)CC1. The minimum atomic E-state index is 0.0701. The third-order valence-electron chi connectivity index (χ3n) is 5.41.